The number of nitrogens with one attached hydrogen (secondary N) is 2. The van der Waals surface area contributed by atoms with Crippen LogP contribution in [0, 0.1) is 8.98 Å². The fourth-order valence-corrected chi connectivity index (χ4v) is 2.86. The van der Waals surface area contributed by atoms with Crippen LogP contribution < -0.4 is 10.1 Å². The number of rotatable bonds is 3. The number of ether oxygens (including phenoxy) is 1. The molecule has 1 fully saturated rings. The first-order chi connectivity index (χ1) is 9.01. The van der Waals surface area contributed by atoms with Gasteiger partial charge in [-0.05, 0) is 65.0 Å². The lowest BCUT2D eigenvalue weighted by Gasteiger charge is -2.08. The van der Waals surface area contributed by atoms with Crippen molar-refractivity contribution >= 4 is 51.5 Å². The van der Waals surface area contributed by atoms with E-state index in [9.17, 15) is 9.90 Å². The number of thioether (sulfide) groups is 1. The number of hydrogen-bond donors (Lipinski definition) is 3. The number of phenols is 1. The molecule has 1 aliphatic heterocycles. The highest BCUT2D eigenvalue weighted by Crippen LogP contribution is 2.34. The van der Waals surface area contributed by atoms with E-state index in [1.807, 2.05) is 29.5 Å². The highest BCUT2D eigenvalue weighted by Gasteiger charge is 2.22. The number of aromatic hydroxyl groups is 1. The molecule has 1 saturated heterocycles. The second-order valence-electron chi connectivity index (χ2n) is 3.68. The van der Waals surface area contributed by atoms with Crippen molar-refractivity contribution < 1.29 is 14.6 Å². The number of benzene rings is 1. The molecule has 0 radical (unpaired) electrons. The second kappa shape index (κ2) is 5.83. The Balaban J connectivity index is 2.38. The Morgan fingerprint density at radius 2 is 2.32 bits per heavy atom. The molecular formula is C12H11IN2O3S. The van der Waals surface area contributed by atoms with E-state index in [0.717, 1.165) is 17.3 Å². The predicted molar refractivity (Wildman–Crippen MR) is 83.4 cm³/mol. The molecule has 0 atom stereocenters. The van der Waals surface area contributed by atoms with E-state index >= 15 is 0 Å². The van der Waals surface area contributed by atoms with Crippen LogP contribution in [-0.4, -0.2) is 22.8 Å². The summed E-state index contributed by atoms with van der Waals surface area (Å²) in [5, 5.41) is 19.7. The standard InChI is InChI=1S/C12H11IN2O3S/c1-2-18-8-4-6(3-7(13)10(8)16)5-9-11(17)15-12(14)19-9/h3-5,16H,2H2,1H3,(H2,14,15,17). The minimum atomic E-state index is -0.281. The SMILES string of the molecule is CCOc1cc(C=C2SC(=N)NC2=O)cc(I)c1O. The summed E-state index contributed by atoms with van der Waals surface area (Å²) in [5.41, 5.74) is 0.748. The van der Waals surface area contributed by atoms with Gasteiger partial charge in [-0.15, -0.1) is 0 Å². The van der Waals surface area contributed by atoms with Gasteiger partial charge >= 0.3 is 0 Å². The Labute approximate surface area is 128 Å². The van der Waals surface area contributed by atoms with E-state index in [-0.39, 0.29) is 16.8 Å². The van der Waals surface area contributed by atoms with Crippen molar-refractivity contribution in [1.82, 2.24) is 5.32 Å². The molecule has 5 nitrogen and oxygen atoms in total. The molecule has 1 aliphatic rings. The van der Waals surface area contributed by atoms with Gasteiger partial charge in [-0.2, -0.15) is 0 Å². The maximum atomic E-state index is 11.5. The number of amides is 1. The molecule has 3 N–H and O–H groups in total. The number of carbonyl (C=O) groups excluding carboxylic acids is 1. The summed E-state index contributed by atoms with van der Waals surface area (Å²) in [4.78, 5) is 12.0. The maximum absolute atomic E-state index is 11.5. The zero-order chi connectivity index (χ0) is 14.0. The molecule has 2 rings (SSSR count). The number of hydrogen-bond acceptors (Lipinski definition) is 5. The molecule has 0 unspecified atom stereocenters. The minimum absolute atomic E-state index is 0.0980. The Morgan fingerprint density at radius 3 is 2.89 bits per heavy atom. The summed E-state index contributed by atoms with van der Waals surface area (Å²) in [6.07, 6.45) is 1.67. The summed E-state index contributed by atoms with van der Waals surface area (Å²) in [6, 6.07) is 3.42. The molecule has 7 heteroatoms. The Kier molecular flexibility index (Phi) is 4.35. The zero-order valence-corrected chi connectivity index (χ0v) is 13.0. The molecule has 100 valence electrons. The van der Waals surface area contributed by atoms with Crippen LogP contribution in [0.3, 0.4) is 0 Å². The lowest BCUT2D eigenvalue weighted by Crippen LogP contribution is -2.18. The first kappa shape index (κ1) is 14.2. The van der Waals surface area contributed by atoms with Gasteiger partial charge in [-0.1, -0.05) is 0 Å². The Morgan fingerprint density at radius 1 is 1.58 bits per heavy atom. The van der Waals surface area contributed by atoms with E-state index < -0.39 is 0 Å². The molecule has 0 bridgehead atoms. The topological polar surface area (TPSA) is 82.4 Å². The van der Waals surface area contributed by atoms with Gasteiger partial charge in [0.1, 0.15) is 0 Å². The lowest BCUT2D eigenvalue weighted by molar-refractivity contribution is -0.115. The molecular weight excluding hydrogens is 379 g/mol. The summed E-state index contributed by atoms with van der Waals surface area (Å²) in [7, 11) is 0. The molecule has 1 aromatic carbocycles. The number of phenolic OH excluding ortho intramolecular Hbond substituents is 1. The molecule has 1 aromatic rings. The second-order valence-corrected chi connectivity index (χ2v) is 5.89. The zero-order valence-electron chi connectivity index (χ0n) is 9.99. The van der Waals surface area contributed by atoms with Gasteiger partial charge in [0.2, 0.25) is 0 Å². The van der Waals surface area contributed by atoms with Crippen LogP contribution in [0.4, 0.5) is 0 Å². The molecule has 19 heavy (non-hydrogen) atoms. The first-order valence-electron chi connectivity index (χ1n) is 5.46. The lowest BCUT2D eigenvalue weighted by atomic mass is 10.2. The molecule has 0 aliphatic carbocycles. The van der Waals surface area contributed by atoms with Crippen molar-refractivity contribution in [2.45, 2.75) is 6.92 Å². The van der Waals surface area contributed by atoms with Crippen LogP contribution in [0.25, 0.3) is 6.08 Å². The predicted octanol–water partition coefficient (Wildman–Crippen LogP) is 2.53. The van der Waals surface area contributed by atoms with E-state index in [4.69, 9.17) is 10.1 Å². The van der Waals surface area contributed by atoms with Gasteiger partial charge in [0.25, 0.3) is 5.91 Å². The summed E-state index contributed by atoms with van der Waals surface area (Å²) in [5.74, 6) is 0.205. The third kappa shape index (κ3) is 3.21. The van der Waals surface area contributed by atoms with Crippen molar-refractivity contribution in [3.8, 4) is 11.5 Å². The number of halogens is 1. The van der Waals surface area contributed by atoms with E-state index in [0.29, 0.717) is 20.8 Å². The van der Waals surface area contributed by atoms with Crippen molar-refractivity contribution in [3.05, 3.63) is 26.2 Å². The summed E-state index contributed by atoms with van der Waals surface area (Å²) in [6.45, 7) is 2.28. The van der Waals surface area contributed by atoms with Crippen LogP contribution in [0.1, 0.15) is 12.5 Å². The van der Waals surface area contributed by atoms with Gasteiger partial charge < -0.3 is 15.2 Å². The van der Waals surface area contributed by atoms with Crippen LogP contribution in [0.5, 0.6) is 11.5 Å². The minimum Gasteiger partial charge on any atom is -0.504 e. The fraction of sp³-hybridized carbons (Fsp3) is 0.167. The highest BCUT2D eigenvalue weighted by atomic mass is 127. The summed E-state index contributed by atoms with van der Waals surface area (Å²) < 4.78 is 5.98. The van der Waals surface area contributed by atoms with E-state index in [1.165, 1.54) is 0 Å². The van der Waals surface area contributed by atoms with Crippen LogP contribution in [-0.2, 0) is 4.79 Å². The Bertz CT molecular complexity index is 587. The van der Waals surface area contributed by atoms with Gasteiger partial charge in [0.05, 0.1) is 15.1 Å². The van der Waals surface area contributed by atoms with Crippen molar-refractivity contribution in [3.63, 3.8) is 0 Å². The summed E-state index contributed by atoms with van der Waals surface area (Å²) >= 11 is 3.08. The largest absolute Gasteiger partial charge is 0.504 e. The highest BCUT2D eigenvalue weighted by molar-refractivity contribution is 14.1. The number of carbonyl (C=O) groups is 1. The van der Waals surface area contributed by atoms with Gasteiger partial charge in [0.15, 0.2) is 16.7 Å². The van der Waals surface area contributed by atoms with Crippen molar-refractivity contribution in [2.75, 3.05) is 6.61 Å². The van der Waals surface area contributed by atoms with Crippen molar-refractivity contribution in [1.29, 1.82) is 5.41 Å². The Hall–Kier alpha value is -1.22. The van der Waals surface area contributed by atoms with Gasteiger partial charge in [0, 0.05) is 0 Å². The van der Waals surface area contributed by atoms with Crippen LogP contribution >= 0.6 is 34.4 Å². The smallest absolute Gasteiger partial charge is 0.264 e. The fourth-order valence-electron chi connectivity index (χ4n) is 1.54. The van der Waals surface area contributed by atoms with Crippen LogP contribution in [0.15, 0.2) is 17.0 Å². The first-order valence-corrected chi connectivity index (χ1v) is 7.35. The van der Waals surface area contributed by atoms with E-state index in [2.05, 4.69) is 5.32 Å². The molecule has 1 heterocycles. The molecule has 0 spiro atoms. The average Bonchev–Trinajstić information content (AvgIpc) is 2.64. The third-order valence-electron chi connectivity index (χ3n) is 2.31. The quantitative estimate of drug-likeness (QED) is 0.547. The molecule has 1 amide bonds. The normalized spacial score (nSPS) is 16.8. The van der Waals surface area contributed by atoms with E-state index in [1.54, 1.807) is 18.2 Å². The maximum Gasteiger partial charge on any atom is 0.264 e. The average molecular weight is 390 g/mol. The molecule has 0 saturated carbocycles. The van der Waals surface area contributed by atoms with Gasteiger partial charge in [-0.25, -0.2) is 0 Å². The third-order valence-corrected chi connectivity index (χ3v) is 3.96. The van der Waals surface area contributed by atoms with Crippen LogP contribution in [0.2, 0.25) is 0 Å². The monoisotopic (exact) mass is 390 g/mol. The number of amidine groups is 1. The molecule has 0 aromatic heterocycles. The van der Waals surface area contributed by atoms with Gasteiger partial charge in [-0.3, -0.25) is 10.2 Å². The van der Waals surface area contributed by atoms with Crippen molar-refractivity contribution in [2.24, 2.45) is 0 Å².